The van der Waals surface area contributed by atoms with Crippen molar-refractivity contribution < 1.29 is 0 Å². The summed E-state index contributed by atoms with van der Waals surface area (Å²) in [5, 5.41) is 4.07. The number of aromatic nitrogens is 1. The second-order valence-electron chi connectivity index (χ2n) is 3.89. The Bertz CT molecular complexity index is 573. The van der Waals surface area contributed by atoms with Gasteiger partial charge in [-0.2, -0.15) is 0 Å². The minimum atomic E-state index is 0.648. The SMILES string of the molecule is Cc1ccc(Cl)cc1NCc1ncc(Br)cc1Br. The van der Waals surface area contributed by atoms with Gasteiger partial charge in [-0.3, -0.25) is 4.98 Å². The van der Waals surface area contributed by atoms with E-state index in [9.17, 15) is 0 Å². The monoisotopic (exact) mass is 388 g/mol. The van der Waals surface area contributed by atoms with Crippen molar-refractivity contribution in [2.45, 2.75) is 13.5 Å². The lowest BCUT2D eigenvalue weighted by atomic mass is 10.2. The molecule has 0 aliphatic heterocycles. The summed E-state index contributed by atoms with van der Waals surface area (Å²) in [6.45, 7) is 2.69. The van der Waals surface area contributed by atoms with Crippen LogP contribution in [0.1, 0.15) is 11.3 Å². The Morgan fingerprint density at radius 3 is 2.78 bits per heavy atom. The summed E-state index contributed by atoms with van der Waals surface area (Å²) in [6.07, 6.45) is 1.78. The normalized spacial score (nSPS) is 10.4. The first-order chi connectivity index (χ1) is 8.56. The molecule has 18 heavy (non-hydrogen) atoms. The number of nitrogens with zero attached hydrogens (tertiary/aromatic N) is 1. The number of anilines is 1. The largest absolute Gasteiger partial charge is 0.379 e. The molecule has 0 fully saturated rings. The Labute approximate surface area is 128 Å². The fraction of sp³-hybridized carbons (Fsp3) is 0.154. The molecule has 0 atom stereocenters. The minimum absolute atomic E-state index is 0.648. The number of rotatable bonds is 3. The second kappa shape index (κ2) is 6.04. The molecule has 0 amide bonds. The van der Waals surface area contributed by atoms with Crippen molar-refractivity contribution >= 4 is 49.1 Å². The lowest BCUT2D eigenvalue weighted by Gasteiger charge is -2.10. The molecule has 0 radical (unpaired) electrons. The molecule has 2 aromatic rings. The van der Waals surface area contributed by atoms with Crippen LogP contribution in [0.5, 0.6) is 0 Å². The van der Waals surface area contributed by atoms with E-state index in [-0.39, 0.29) is 0 Å². The van der Waals surface area contributed by atoms with Crippen LogP contribution in [0.3, 0.4) is 0 Å². The van der Waals surface area contributed by atoms with Gasteiger partial charge in [-0.15, -0.1) is 0 Å². The average molecular weight is 391 g/mol. The molecule has 0 unspecified atom stereocenters. The summed E-state index contributed by atoms with van der Waals surface area (Å²) in [5.74, 6) is 0. The van der Waals surface area contributed by atoms with E-state index in [0.717, 1.165) is 30.9 Å². The van der Waals surface area contributed by atoms with Crippen LogP contribution >= 0.6 is 43.5 Å². The molecule has 0 saturated heterocycles. The zero-order valence-corrected chi connectivity index (χ0v) is 13.6. The van der Waals surface area contributed by atoms with Crippen LogP contribution in [-0.4, -0.2) is 4.98 Å². The Kier molecular flexibility index (Phi) is 4.65. The maximum absolute atomic E-state index is 5.98. The molecule has 94 valence electrons. The van der Waals surface area contributed by atoms with Gasteiger partial charge in [0.15, 0.2) is 0 Å². The van der Waals surface area contributed by atoms with E-state index in [1.165, 1.54) is 0 Å². The van der Waals surface area contributed by atoms with E-state index < -0.39 is 0 Å². The molecule has 0 aliphatic rings. The molecule has 0 spiro atoms. The highest BCUT2D eigenvalue weighted by molar-refractivity contribution is 9.11. The zero-order valence-electron chi connectivity index (χ0n) is 9.67. The van der Waals surface area contributed by atoms with Gasteiger partial charge in [0.1, 0.15) is 0 Å². The van der Waals surface area contributed by atoms with Crippen LogP contribution in [-0.2, 0) is 6.54 Å². The van der Waals surface area contributed by atoms with Gasteiger partial charge in [0, 0.05) is 25.9 Å². The molecule has 0 bridgehead atoms. The van der Waals surface area contributed by atoms with E-state index in [0.29, 0.717) is 6.54 Å². The third-order valence-electron chi connectivity index (χ3n) is 2.53. The lowest BCUT2D eigenvalue weighted by molar-refractivity contribution is 1.02. The number of halogens is 3. The predicted molar refractivity (Wildman–Crippen MR) is 83.2 cm³/mol. The van der Waals surface area contributed by atoms with Gasteiger partial charge in [-0.25, -0.2) is 0 Å². The van der Waals surface area contributed by atoms with Crippen LogP contribution in [0.2, 0.25) is 5.02 Å². The van der Waals surface area contributed by atoms with Crippen molar-refractivity contribution in [3.63, 3.8) is 0 Å². The summed E-state index contributed by atoms with van der Waals surface area (Å²) in [5.41, 5.74) is 3.14. The summed E-state index contributed by atoms with van der Waals surface area (Å²) < 4.78 is 1.93. The van der Waals surface area contributed by atoms with Gasteiger partial charge in [0.25, 0.3) is 0 Å². The average Bonchev–Trinajstić information content (AvgIpc) is 2.32. The smallest absolute Gasteiger partial charge is 0.0737 e. The molecule has 5 heteroatoms. The number of pyridine rings is 1. The maximum Gasteiger partial charge on any atom is 0.0737 e. The molecule has 1 aromatic carbocycles. The van der Waals surface area contributed by atoms with Gasteiger partial charge < -0.3 is 5.32 Å². The Morgan fingerprint density at radius 2 is 2.06 bits per heavy atom. The highest BCUT2D eigenvalue weighted by Crippen LogP contribution is 2.23. The van der Waals surface area contributed by atoms with E-state index >= 15 is 0 Å². The molecule has 1 heterocycles. The van der Waals surface area contributed by atoms with E-state index in [1.54, 1.807) is 6.20 Å². The van der Waals surface area contributed by atoms with Gasteiger partial charge in [0.05, 0.1) is 12.2 Å². The number of aryl methyl sites for hydroxylation is 1. The quantitative estimate of drug-likeness (QED) is 0.781. The first kappa shape index (κ1) is 13.8. The molecule has 0 saturated carbocycles. The molecular weight excluding hydrogens is 379 g/mol. The topological polar surface area (TPSA) is 24.9 Å². The van der Waals surface area contributed by atoms with Crippen LogP contribution < -0.4 is 5.32 Å². The van der Waals surface area contributed by atoms with Crippen LogP contribution in [0.25, 0.3) is 0 Å². The van der Waals surface area contributed by atoms with Crippen molar-refractivity contribution in [1.29, 1.82) is 0 Å². The zero-order chi connectivity index (χ0) is 13.1. The Balaban J connectivity index is 2.13. The van der Waals surface area contributed by atoms with E-state index in [2.05, 4.69) is 42.2 Å². The fourth-order valence-corrected chi connectivity index (χ4v) is 2.84. The van der Waals surface area contributed by atoms with Crippen molar-refractivity contribution in [2.24, 2.45) is 0 Å². The van der Waals surface area contributed by atoms with Crippen molar-refractivity contribution in [3.8, 4) is 0 Å². The standard InChI is InChI=1S/C13H11Br2ClN2/c1-8-2-3-10(16)5-12(8)18-7-13-11(15)4-9(14)6-17-13/h2-6,18H,7H2,1H3. The van der Waals surface area contributed by atoms with Crippen molar-refractivity contribution in [1.82, 2.24) is 4.98 Å². The lowest BCUT2D eigenvalue weighted by Crippen LogP contribution is -2.03. The summed E-state index contributed by atoms with van der Waals surface area (Å²) in [7, 11) is 0. The van der Waals surface area contributed by atoms with Crippen LogP contribution in [0.15, 0.2) is 39.4 Å². The highest BCUT2D eigenvalue weighted by Gasteiger charge is 2.04. The summed E-state index contributed by atoms with van der Waals surface area (Å²) in [4.78, 5) is 4.36. The van der Waals surface area contributed by atoms with Crippen LogP contribution in [0, 0.1) is 6.92 Å². The number of hydrogen-bond acceptors (Lipinski definition) is 2. The molecule has 1 aromatic heterocycles. The molecule has 0 aliphatic carbocycles. The maximum atomic E-state index is 5.98. The minimum Gasteiger partial charge on any atom is -0.379 e. The molecule has 2 rings (SSSR count). The van der Waals surface area contributed by atoms with E-state index in [4.69, 9.17) is 11.6 Å². The second-order valence-corrected chi connectivity index (χ2v) is 6.10. The molecular formula is C13H11Br2ClN2. The van der Waals surface area contributed by atoms with Gasteiger partial charge in [-0.1, -0.05) is 17.7 Å². The Morgan fingerprint density at radius 1 is 1.28 bits per heavy atom. The fourth-order valence-electron chi connectivity index (χ4n) is 1.54. The van der Waals surface area contributed by atoms with E-state index in [1.807, 2.05) is 31.2 Å². The predicted octanol–water partition coefficient (Wildman–Crippen LogP) is 5.18. The van der Waals surface area contributed by atoms with Crippen molar-refractivity contribution in [2.75, 3.05) is 5.32 Å². The van der Waals surface area contributed by atoms with Crippen molar-refractivity contribution in [3.05, 3.63) is 55.7 Å². The molecule has 2 nitrogen and oxygen atoms in total. The highest BCUT2D eigenvalue weighted by atomic mass is 79.9. The van der Waals surface area contributed by atoms with Gasteiger partial charge >= 0.3 is 0 Å². The first-order valence-corrected chi connectivity index (χ1v) is 7.32. The van der Waals surface area contributed by atoms with Gasteiger partial charge in [-0.05, 0) is 62.5 Å². The third kappa shape index (κ3) is 3.46. The van der Waals surface area contributed by atoms with Gasteiger partial charge in [0.2, 0.25) is 0 Å². The summed E-state index contributed by atoms with van der Waals surface area (Å²) >= 11 is 12.9. The molecule has 1 N–H and O–H groups in total. The third-order valence-corrected chi connectivity index (χ3v) is 3.89. The number of nitrogens with one attached hydrogen (secondary N) is 1. The number of hydrogen-bond donors (Lipinski definition) is 1. The van der Waals surface area contributed by atoms with Crippen LogP contribution in [0.4, 0.5) is 5.69 Å². The first-order valence-electron chi connectivity index (χ1n) is 5.36. The number of benzene rings is 1. The summed E-state index contributed by atoms with van der Waals surface area (Å²) in [6, 6.07) is 7.78. The Hall–Kier alpha value is -0.580.